The summed E-state index contributed by atoms with van der Waals surface area (Å²) in [4.78, 5) is 18.6. The van der Waals surface area contributed by atoms with Crippen molar-refractivity contribution in [3.8, 4) is 0 Å². The largest absolute Gasteiger partial charge is 0.333 e. The van der Waals surface area contributed by atoms with Gasteiger partial charge in [0, 0.05) is 18.2 Å². The summed E-state index contributed by atoms with van der Waals surface area (Å²) in [5.74, 6) is 2.35. The number of nitrogens with zero attached hydrogens (tertiary/aromatic N) is 1. The first-order chi connectivity index (χ1) is 16.6. The molecule has 4 bridgehead atoms. The summed E-state index contributed by atoms with van der Waals surface area (Å²) in [6, 6.07) is 26.6. The standard InChI is InChI=1S/C30H33N3O/c34-28(32-29-18-23-15-24(19-29)17-25(16-23)20-29)33-30(26-11-5-2-6-12-26,27-13-7-8-14-31-27)21-22-9-3-1-4-10-22/h1-14,23-25H,15-21H2,(H2,32,33,34). The number of carbonyl (C=O) groups is 1. The lowest BCUT2D eigenvalue weighted by Crippen LogP contribution is -2.63. The number of hydrogen-bond donors (Lipinski definition) is 2. The van der Waals surface area contributed by atoms with Crippen LogP contribution in [0.15, 0.2) is 85.1 Å². The lowest BCUT2D eigenvalue weighted by molar-refractivity contribution is -0.0138. The number of rotatable bonds is 6. The molecule has 4 saturated carbocycles. The van der Waals surface area contributed by atoms with Crippen molar-refractivity contribution in [2.24, 2.45) is 17.8 Å². The summed E-state index contributed by atoms with van der Waals surface area (Å²) in [5.41, 5.74) is 2.24. The van der Waals surface area contributed by atoms with E-state index < -0.39 is 5.54 Å². The van der Waals surface area contributed by atoms with E-state index in [4.69, 9.17) is 4.98 Å². The highest BCUT2D eigenvalue weighted by molar-refractivity contribution is 5.77. The summed E-state index contributed by atoms with van der Waals surface area (Å²) in [5, 5.41) is 7.00. The third-order valence-corrected chi connectivity index (χ3v) is 8.42. The van der Waals surface area contributed by atoms with Crippen molar-refractivity contribution in [1.82, 2.24) is 15.6 Å². The van der Waals surface area contributed by atoms with Gasteiger partial charge in [0.1, 0.15) is 5.54 Å². The van der Waals surface area contributed by atoms with Crippen molar-refractivity contribution >= 4 is 6.03 Å². The summed E-state index contributed by atoms with van der Waals surface area (Å²) >= 11 is 0. The van der Waals surface area contributed by atoms with Gasteiger partial charge in [-0.1, -0.05) is 66.7 Å². The van der Waals surface area contributed by atoms with Gasteiger partial charge in [0.05, 0.1) is 5.69 Å². The van der Waals surface area contributed by atoms with Gasteiger partial charge in [0.2, 0.25) is 0 Å². The van der Waals surface area contributed by atoms with Crippen LogP contribution in [0.25, 0.3) is 0 Å². The van der Waals surface area contributed by atoms with Gasteiger partial charge in [0.25, 0.3) is 0 Å². The van der Waals surface area contributed by atoms with Crippen molar-refractivity contribution in [1.29, 1.82) is 0 Å². The molecule has 174 valence electrons. The molecule has 2 amide bonds. The Morgan fingerprint density at radius 2 is 1.41 bits per heavy atom. The fraction of sp³-hybridized carbons (Fsp3) is 0.400. The lowest BCUT2D eigenvalue weighted by atomic mass is 9.53. The molecule has 1 atom stereocenters. The number of pyridine rings is 1. The number of urea groups is 1. The molecule has 0 spiro atoms. The van der Waals surface area contributed by atoms with Gasteiger partial charge in [-0.15, -0.1) is 0 Å². The second-order valence-electron chi connectivity index (χ2n) is 10.9. The maximum Gasteiger partial charge on any atom is 0.316 e. The molecule has 0 aliphatic heterocycles. The minimum absolute atomic E-state index is 0.0435. The zero-order chi connectivity index (χ0) is 23.0. The molecule has 0 radical (unpaired) electrons. The molecule has 4 aliphatic rings. The Bertz CT molecular complexity index is 1050. The highest BCUT2D eigenvalue weighted by atomic mass is 16.2. The van der Waals surface area contributed by atoms with E-state index in [2.05, 4.69) is 47.0 Å². The van der Waals surface area contributed by atoms with E-state index in [-0.39, 0.29) is 11.6 Å². The average Bonchev–Trinajstić information content (AvgIpc) is 2.84. The molecular formula is C30H33N3O. The second-order valence-corrected chi connectivity index (χ2v) is 10.9. The second kappa shape index (κ2) is 8.57. The van der Waals surface area contributed by atoms with Crippen molar-refractivity contribution < 1.29 is 4.79 Å². The molecule has 1 heterocycles. The van der Waals surface area contributed by atoms with Crippen LogP contribution >= 0.6 is 0 Å². The van der Waals surface area contributed by atoms with Gasteiger partial charge in [-0.2, -0.15) is 0 Å². The number of amides is 2. The SMILES string of the molecule is O=C(NC12CC3CC(CC(C3)C1)C2)NC(Cc1ccccc1)(c1ccccc1)c1ccccn1. The number of aromatic nitrogens is 1. The van der Waals surface area contributed by atoms with Crippen LogP contribution in [-0.4, -0.2) is 16.6 Å². The summed E-state index contributed by atoms with van der Waals surface area (Å²) in [7, 11) is 0. The highest BCUT2D eigenvalue weighted by Crippen LogP contribution is 2.55. The fourth-order valence-electron chi connectivity index (χ4n) is 7.49. The Labute approximate surface area is 202 Å². The quantitative estimate of drug-likeness (QED) is 0.495. The highest BCUT2D eigenvalue weighted by Gasteiger charge is 2.52. The molecule has 2 N–H and O–H groups in total. The topological polar surface area (TPSA) is 54.0 Å². The van der Waals surface area contributed by atoms with Crippen molar-refractivity contribution in [3.05, 3.63) is 102 Å². The van der Waals surface area contributed by atoms with Gasteiger partial charge < -0.3 is 10.6 Å². The van der Waals surface area contributed by atoms with E-state index >= 15 is 0 Å². The molecule has 1 aromatic heterocycles. The number of carbonyl (C=O) groups excluding carboxylic acids is 1. The van der Waals surface area contributed by atoms with Crippen LogP contribution in [0.4, 0.5) is 4.79 Å². The van der Waals surface area contributed by atoms with Crippen molar-refractivity contribution in [2.45, 2.75) is 56.0 Å². The number of hydrogen-bond acceptors (Lipinski definition) is 2. The van der Waals surface area contributed by atoms with Gasteiger partial charge in [0.15, 0.2) is 0 Å². The molecule has 34 heavy (non-hydrogen) atoms. The summed E-state index contributed by atoms with van der Waals surface area (Å²) < 4.78 is 0. The molecule has 4 nitrogen and oxygen atoms in total. The van der Waals surface area contributed by atoms with Crippen LogP contribution < -0.4 is 10.6 Å². The van der Waals surface area contributed by atoms with Crippen molar-refractivity contribution in [2.75, 3.05) is 0 Å². The Morgan fingerprint density at radius 1 is 0.824 bits per heavy atom. The molecule has 0 saturated heterocycles. The Hall–Kier alpha value is -3.14. The molecule has 4 aliphatic carbocycles. The molecule has 7 rings (SSSR count). The maximum absolute atomic E-state index is 13.8. The molecule has 2 aromatic carbocycles. The predicted molar refractivity (Wildman–Crippen MR) is 134 cm³/mol. The number of benzene rings is 2. The number of nitrogens with one attached hydrogen (secondary N) is 2. The van der Waals surface area contributed by atoms with Crippen LogP contribution in [0.2, 0.25) is 0 Å². The molecule has 3 aromatic rings. The smallest absolute Gasteiger partial charge is 0.316 e. The molecule has 4 fully saturated rings. The van der Waals surface area contributed by atoms with Gasteiger partial charge in [-0.05, 0) is 79.5 Å². The van der Waals surface area contributed by atoms with Crippen molar-refractivity contribution in [3.63, 3.8) is 0 Å². The third-order valence-electron chi connectivity index (χ3n) is 8.42. The Kier molecular flexibility index (Phi) is 5.40. The molecule has 1 unspecified atom stereocenters. The summed E-state index contributed by atoms with van der Waals surface area (Å²) in [6.45, 7) is 0. The van der Waals surface area contributed by atoms with Gasteiger partial charge >= 0.3 is 6.03 Å². The van der Waals surface area contributed by atoms with Gasteiger partial charge in [-0.3, -0.25) is 4.98 Å². The fourth-order valence-corrected chi connectivity index (χ4v) is 7.49. The minimum atomic E-state index is -0.768. The van der Waals surface area contributed by atoms with E-state index in [0.29, 0.717) is 6.42 Å². The normalized spacial score (nSPS) is 28.8. The van der Waals surface area contributed by atoms with E-state index in [9.17, 15) is 4.79 Å². The lowest BCUT2D eigenvalue weighted by Gasteiger charge is -2.57. The van der Waals surface area contributed by atoms with Crippen LogP contribution in [-0.2, 0) is 12.0 Å². The molecular weight excluding hydrogens is 418 g/mol. The van der Waals surface area contributed by atoms with E-state index in [1.54, 1.807) is 0 Å². The maximum atomic E-state index is 13.8. The van der Waals surface area contributed by atoms with E-state index in [0.717, 1.165) is 53.8 Å². The zero-order valence-electron chi connectivity index (χ0n) is 19.6. The molecule has 4 heteroatoms. The first-order valence-electron chi connectivity index (χ1n) is 12.7. The third kappa shape index (κ3) is 4.00. The minimum Gasteiger partial charge on any atom is -0.333 e. The van der Waals surface area contributed by atoms with Crippen LogP contribution in [0.1, 0.15) is 55.3 Å². The van der Waals surface area contributed by atoms with E-state index in [1.165, 1.54) is 19.3 Å². The van der Waals surface area contributed by atoms with Crippen LogP contribution in [0.3, 0.4) is 0 Å². The Morgan fingerprint density at radius 3 is 2.00 bits per heavy atom. The first kappa shape index (κ1) is 21.4. The van der Waals surface area contributed by atoms with Crippen LogP contribution in [0, 0.1) is 17.8 Å². The monoisotopic (exact) mass is 451 g/mol. The van der Waals surface area contributed by atoms with E-state index in [1.807, 2.05) is 48.7 Å². The predicted octanol–water partition coefficient (Wildman–Crippen LogP) is 5.84. The average molecular weight is 452 g/mol. The summed E-state index contributed by atoms with van der Waals surface area (Å²) in [6.07, 6.45) is 9.92. The van der Waals surface area contributed by atoms with Crippen LogP contribution in [0.5, 0.6) is 0 Å². The Balaban J connectivity index is 1.36. The zero-order valence-corrected chi connectivity index (χ0v) is 19.6. The van der Waals surface area contributed by atoms with Gasteiger partial charge in [-0.25, -0.2) is 4.79 Å². The first-order valence-corrected chi connectivity index (χ1v) is 12.7.